The Morgan fingerprint density at radius 3 is 2.16 bits per heavy atom. The maximum atomic E-state index is 12.3. The Hall–Kier alpha value is -1.84. The lowest BCUT2D eigenvalue weighted by atomic mass is 10.1. The number of hydrogen-bond donors (Lipinski definition) is 1. The molecule has 1 N–H and O–H groups in total. The van der Waals surface area contributed by atoms with Gasteiger partial charge in [-0.05, 0) is 71.1 Å². The maximum Gasteiger partial charge on any atom is 0.222 e. The number of carbonyl (C=O) groups is 2. The van der Waals surface area contributed by atoms with E-state index in [1.165, 1.54) is 12.8 Å². The fraction of sp³-hybridized carbons (Fsp3) is 0.704. The number of hydrogen-bond acceptors (Lipinski definition) is 2. The molecule has 1 saturated carbocycles. The van der Waals surface area contributed by atoms with Crippen molar-refractivity contribution in [2.24, 2.45) is 5.92 Å². The van der Waals surface area contributed by atoms with Gasteiger partial charge in [0.15, 0.2) is 0 Å². The van der Waals surface area contributed by atoms with Crippen molar-refractivity contribution in [2.45, 2.75) is 104 Å². The molecule has 31 heavy (non-hydrogen) atoms. The van der Waals surface area contributed by atoms with Crippen LogP contribution in [0.4, 0.5) is 0 Å². The van der Waals surface area contributed by atoms with Gasteiger partial charge in [-0.15, -0.1) is 0 Å². The molecule has 0 aromatic carbocycles. The van der Waals surface area contributed by atoms with E-state index in [4.69, 9.17) is 0 Å². The number of carbonyl (C=O) groups excluding carboxylic acids is 2. The summed E-state index contributed by atoms with van der Waals surface area (Å²) in [5.74, 6) is 1.25. The third-order valence-corrected chi connectivity index (χ3v) is 5.58. The van der Waals surface area contributed by atoms with Gasteiger partial charge in [-0.3, -0.25) is 9.59 Å². The zero-order chi connectivity index (χ0) is 22.7. The minimum Gasteiger partial charge on any atom is -0.356 e. The molecule has 0 unspecified atom stereocenters. The molecule has 0 aromatic rings. The van der Waals surface area contributed by atoms with Crippen LogP contribution < -0.4 is 5.32 Å². The number of allylic oxidation sites excluding steroid dienone is 5. The van der Waals surface area contributed by atoms with Gasteiger partial charge in [0.05, 0.1) is 0 Å². The van der Waals surface area contributed by atoms with Gasteiger partial charge in [0.2, 0.25) is 11.8 Å². The van der Waals surface area contributed by atoms with Gasteiger partial charge in [0.25, 0.3) is 0 Å². The van der Waals surface area contributed by atoms with Crippen LogP contribution in [0.3, 0.4) is 0 Å². The highest BCUT2D eigenvalue weighted by Crippen LogP contribution is 2.27. The van der Waals surface area contributed by atoms with Crippen molar-refractivity contribution in [1.29, 1.82) is 0 Å². The van der Waals surface area contributed by atoms with E-state index in [-0.39, 0.29) is 11.9 Å². The van der Waals surface area contributed by atoms with Crippen LogP contribution in [0.5, 0.6) is 0 Å². The van der Waals surface area contributed by atoms with Gasteiger partial charge in [0, 0.05) is 32.0 Å². The smallest absolute Gasteiger partial charge is 0.222 e. The molecule has 0 aromatic heterocycles. The first kappa shape index (κ1) is 27.2. The van der Waals surface area contributed by atoms with Gasteiger partial charge in [-0.1, -0.05) is 56.2 Å². The molecule has 0 atom stereocenters. The molecule has 1 rings (SSSR count). The molecule has 0 spiro atoms. The first-order valence-electron chi connectivity index (χ1n) is 12.6. The number of rotatable bonds is 18. The van der Waals surface area contributed by atoms with E-state index >= 15 is 0 Å². The summed E-state index contributed by atoms with van der Waals surface area (Å²) in [4.78, 5) is 26.0. The van der Waals surface area contributed by atoms with Gasteiger partial charge < -0.3 is 10.2 Å². The highest BCUT2D eigenvalue weighted by atomic mass is 16.2. The van der Waals surface area contributed by atoms with Gasteiger partial charge in [0.1, 0.15) is 0 Å². The second-order valence-electron chi connectivity index (χ2n) is 8.95. The monoisotopic (exact) mass is 430 g/mol. The highest BCUT2D eigenvalue weighted by molar-refractivity contribution is 5.76. The van der Waals surface area contributed by atoms with E-state index in [1.54, 1.807) is 0 Å². The SMILES string of the molecule is CCCCCC(=O)N(CC/C=C\C/C=C\C/C=C\CCCC(=O)NCC1CC1)C(C)C. The molecule has 4 nitrogen and oxygen atoms in total. The van der Waals surface area contributed by atoms with Crippen LogP contribution in [0, 0.1) is 5.92 Å². The van der Waals surface area contributed by atoms with Gasteiger partial charge >= 0.3 is 0 Å². The number of nitrogens with zero attached hydrogens (tertiary/aromatic N) is 1. The van der Waals surface area contributed by atoms with Crippen LogP contribution in [0.1, 0.15) is 97.8 Å². The standard InChI is InChI=1S/C27H46N2O2/c1-4-5-15-19-27(31)29(24(2)3)22-17-14-12-10-8-6-7-9-11-13-16-18-26(30)28-23-25-20-21-25/h6,8-9,11-12,14,24-25H,4-5,7,10,13,15-23H2,1-3H3,(H,28,30)/b8-6-,11-9-,14-12-. The van der Waals surface area contributed by atoms with Crippen LogP contribution in [0.2, 0.25) is 0 Å². The summed E-state index contributed by atoms with van der Waals surface area (Å²) in [5.41, 5.74) is 0. The summed E-state index contributed by atoms with van der Waals surface area (Å²) in [6.45, 7) is 8.05. The van der Waals surface area contributed by atoms with Crippen LogP contribution >= 0.6 is 0 Å². The molecular formula is C27H46N2O2. The van der Waals surface area contributed by atoms with E-state index in [2.05, 4.69) is 62.5 Å². The summed E-state index contributed by atoms with van der Waals surface area (Å²) in [6, 6.07) is 0.270. The van der Waals surface area contributed by atoms with Crippen molar-refractivity contribution in [2.75, 3.05) is 13.1 Å². The Morgan fingerprint density at radius 2 is 1.55 bits per heavy atom. The lowest BCUT2D eigenvalue weighted by molar-refractivity contribution is -0.133. The van der Waals surface area contributed by atoms with Crippen molar-refractivity contribution < 1.29 is 9.59 Å². The summed E-state index contributed by atoms with van der Waals surface area (Å²) in [5, 5.41) is 3.01. The van der Waals surface area contributed by atoms with Crippen molar-refractivity contribution in [1.82, 2.24) is 10.2 Å². The zero-order valence-corrected chi connectivity index (χ0v) is 20.3. The third-order valence-electron chi connectivity index (χ3n) is 5.58. The molecule has 0 saturated heterocycles. The fourth-order valence-corrected chi connectivity index (χ4v) is 3.38. The van der Waals surface area contributed by atoms with E-state index in [0.29, 0.717) is 18.7 Å². The second-order valence-corrected chi connectivity index (χ2v) is 8.95. The Labute approximate surface area is 191 Å². The summed E-state index contributed by atoms with van der Waals surface area (Å²) >= 11 is 0. The van der Waals surface area contributed by atoms with Crippen LogP contribution in [0.25, 0.3) is 0 Å². The molecule has 176 valence electrons. The van der Waals surface area contributed by atoms with Gasteiger partial charge in [-0.2, -0.15) is 0 Å². The average Bonchev–Trinajstić information content (AvgIpc) is 3.57. The van der Waals surface area contributed by atoms with Crippen molar-refractivity contribution in [3.8, 4) is 0 Å². The fourth-order valence-electron chi connectivity index (χ4n) is 3.38. The first-order valence-corrected chi connectivity index (χ1v) is 12.6. The average molecular weight is 431 g/mol. The summed E-state index contributed by atoms with van der Waals surface area (Å²) in [6.07, 6.45) is 24.9. The second kappa shape index (κ2) is 17.8. The normalized spacial score (nSPS) is 14.3. The van der Waals surface area contributed by atoms with Crippen LogP contribution in [-0.4, -0.2) is 35.8 Å². The summed E-state index contributed by atoms with van der Waals surface area (Å²) in [7, 11) is 0. The Morgan fingerprint density at radius 1 is 0.903 bits per heavy atom. The lowest BCUT2D eigenvalue weighted by Crippen LogP contribution is -2.37. The molecule has 4 heteroatoms. The zero-order valence-electron chi connectivity index (χ0n) is 20.3. The van der Waals surface area contributed by atoms with E-state index in [0.717, 1.165) is 70.4 Å². The van der Waals surface area contributed by atoms with Crippen molar-refractivity contribution in [3.05, 3.63) is 36.5 Å². The molecule has 2 amide bonds. The van der Waals surface area contributed by atoms with E-state index < -0.39 is 0 Å². The third kappa shape index (κ3) is 15.6. The molecular weight excluding hydrogens is 384 g/mol. The predicted octanol–water partition coefficient (Wildman–Crippen LogP) is 6.34. The lowest BCUT2D eigenvalue weighted by Gasteiger charge is -2.26. The van der Waals surface area contributed by atoms with Crippen LogP contribution in [-0.2, 0) is 9.59 Å². The van der Waals surface area contributed by atoms with Gasteiger partial charge in [-0.25, -0.2) is 0 Å². The Kier molecular flexibility index (Phi) is 15.6. The minimum absolute atomic E-state index is 0.198. The molecule has 1 aliphatic rings. The van der Waals surface area contributed by atoms with Crippen LogP contribution in [0.15, 0.2) is 36.5 Å². The minimum atomic E-state index is 0.198. The van der Waals surface area contributed by atoms with Crippen molar-refractivity contribution >= 4 is 11.8 Å². The predicted molar refractivity (Wildman–Crippen MR) is 132 cm³/mol. The highest BCUT2D eigenvalue weighted by Gasteiger charge is 2.21. The first-order chi connectivity index (χ1) is 15.0. The largest absolute Gasteiger partial charge is 0.356 e. The quantitative estimate of drug-likeness (QED) is 0.204. The van der Waals surface area contributed by atoms with E-state index in [9.17, 15) is 9.59 Å². The topological polar surface area (TPSA) is 49.4 Å². The molecule has 0 radical (unpaired) electrons. The summed E-state index contributed by atoms with van der Waals surface area (Å²) < 4.78 is 0. The van der Waals surface area contributed by atoms with Crippen molar-refractivity contribution in [3.63, 3.8) is 0 Å². The number of nitrogens with one attached hydrogen (secondary N) is 1. The molecule has 0 aliphatic heterocycles. The van der Waals surface area contributed by atoms with E-state index in [1.807, 2.05) is 4.90 Å². The Bertz CT molecular complexity index is 574. The molecule has 1 aliphatic carbocycles. The Balaban J connectivity index is 2.03. The number of amides is 2. The molecule has 1 fully saturated rings. The number of unbranched alkanes of at least 4 members (excludes halogenated alkanes) is 3. The molecule has 0 heterocycles. The maximum absolute atomic E-state index is 12.3. The molecule has 0 bridgehead atoms.